The van der Waals surface area contributed by atoms with Crippen molar-refractivity contribution >= 4 is 23.6 Å². The van der Waals surface area contributed by atoms with Gasteiger partial charge in [-0.3, -0.25) is 9.59 Å². The van der Waals surface area contributed by atoms with Gasteiger partial charge in [0.1, 0.15) is 0 Å². The first-order chi connectivity index (χ1) is 8.66. The Hall–Kier alpha value is -0.750. The molecular weight excluding hydrogens is 254 g/mol. The second-order valence-electron chi connectivity index (χ2n) is 3.95. The highest BCUT2D eigenvalue weighted by Crippen LogP contribution is 2.02. The predicted octanol–water partition coefficient (Wildman–Crippen LogP) is 1.52. The molecule has 0 spiro atoms. The van der Waals surface area contributed by atoms with Gasteiger partial charge in [-0.15, -0.1) is 11.8 Å². The number of carbonyl (C=O) groups excluding carboxylic acids is 1. The molecule has 0 aromatic carbocycles. The van der Waals surface area contributed by atoms with Crippen LogP contribution in [0.4, 0.5) is 0 Å². The third-order valence-corrected chi connectivity index (χ3v) is 3.23. The summed E-state index contributed by atoms with van der Waals surface area (Å²) in [6.07, 6.45) is 3.74. The average Bonchev–Trinajstić information content (AvgIpc) is 2.33. The summed E-state index contributed by atoms with van der Waals surface area (Å²) in [6.45, 7) is 1.35. The van der Waals surface area contributed by atoms with Crippen molar-refractivity contribution in [2.24, 2.45) is 0 Å². The first kappa shape index (κ1) is 17.2. The van der Waals surface area contributed by atoms with Crippen molar-refractivity contribution in [3.63, 3.8) is 0 Å². The number of thioether (sulfide) groups is 1. The summed E-state index contributed by atoms with van der Waals surface area (Å²) >= 11 is 1.56. The second kappa shape index (κ2) is 12.7. The largest absolute Gasteiger partial charge is 0.481 e. The van der Waals surface area contributed by atoms with Crippen molar-refractivity contribution < 1.29 is 19.4 Å². The number of amides is 1. The van der Waals surface area contributed by atoms with Crippen LogP contribution in [0.2, 0.25) is 0 Å². The maximum absolute atomic E-state index is 11.3. The van der Waals surface area contributed by atoms with Crippen molar-refractivity contribution in [1.29, 1.82) is 0 Å². The van der Waals surface area contributed by atoms with E-state index < -0.39 is 5.97 Å². The van der Waals surface area contributed by atoms with Crippen LogP contribution in [0.25, 0.3) is 0 Å². The molecule has 0 aliphatic rings. The molecule has 0 aromatic rings. The van der Waals surface area contributed by atoms with E-state index >= 15 is 0 Å². The van der Waals surface area contributed by atoms with Gasteiger partial charge < -0.3 is 15.2 Å². The van der Waals surface area contributed by atoms with Crippen LogP contribution in [-0.4, -0.2) is 48.8 Å². The van der Waals surface area contributed by atoms with Crippen LogP contribution >= 0.6 is 11.8 Å². The van der Waals surface area contributed by atoms with Crippen LogP contribution in [0.3, 0.4) is 0 Å². The maximum atomic E-state index is 11.3. The summed E-state index contributed by atoms with van der Waals surface area (Å²) in [7, 11) is 1.64. The summed E-state index contributed by atoms with van der Waals surface area (Å²) in [5.74, 6) is 0.625. The van der Waals surface area contributed by atoms with E-state index in [-0.39, 0.29) is 12.3 Å². The van der Waals surface area contributed by atoms with Crippen LogP contribution in [-0.2, 0) is 14.3 Å². The minimum absolute atomic E-state index is 0.0571. The highest BCUT2D eigenvalue weighted by atomic mass is 32.2. The number of hydrogen-bond acceptors (Lipinski definition) is 4. The summed E-state index contributed by atoms with van der Waals surface area (Å²) < 4.78 is 4.88. The van der Waals surface area contributed by atoms with Gasteiger partial charge in [-0.05, 0) is 12.8 Å². The Morgan fingerprint density at radius 1 is 1.22 bits per heavy atom. The Morgan fingerprint density at radius 3 is 2.61 bits per heavy atom. The summed E-state index contributed by atoms with van der Waals surface area (Å²) in [6, 6.07) is 0. The number of carboxylic acid groups (broad SMARTS) is 1. The van der Waals surface area contributed by atoms with E-state index in [1.54, 1.807) is 18.9 Å². The van der Waals surface area contributed by atoms with Gasteiger partial charge >= 0.3 is 5.97 Å². The minimum Gasteiger partial charge on any atom is -0.481 e. The van der Waals surface area contributed by atoms with Gasteiger partial charge in [-0.2, -0.15) is 0 Å². The number of ether oxygens (including phenoxy) is 1. The number of hydrogen-bond donors (Lipinski definition) is 2. The molecule has 5 nitrogen and oxygen atoms in total. The molecule has 106 valence electrons. The van der Waals surface area contributed by atoms with Gasteiger partial charge in [0, 0.05) is 25.8 Å². The average molecular weight is 277 g/mol. The highest BCUT2D eigenvalue weighted by molar-refractivity contribution is 7.99. The topological polar surface area (TPSA) is 75.6 Å². The molecule has 0 bridgehead atoms. The van der Waals surface area contributed by atoms with Crippen LogP contribution in [0.5, 0.6) is 0 Å². The molecule has 2 N–H and O–H groups in total. The minimum atomic E-state index is -0.739. The Bertz CT molecular complexity index is 236. The molecule has 0 aliphatic carbocycles. The lowest BCUT2D eigenvalue weighted by atomic mass is 10.1. The number of unbranched alkanes of at least 4 members (excludes halogenated alkanes) is 3. The van der Waals surface area contributed by atoms with E-state index in [0.29, 0.717) is 18.9 Å². The van der Waals surface area contributed by atoms with E-state index in [0.717, 1.165) is 31.4 Å². The Kier molecular flexibility index (Phi) is 12.2. The molecule has 0 unspecified atom stereocenters. The molecule has 0 saturated heterocycles. The maximum Gasteiger partial charge on any atom is 0.303 e. The van der Waals surface area contributed by atoms with Crippen molar-refractivity contribution in [3.8, 4) is 0 Å². The van der Waals surface area contributed by atoms with Crippen molar-refractivity contribution in [2.75, 3.05) is 31.8 Å². The van der Waals surface area contributed by atoms with E-state index in [1.807, 2.05) is 0 Å². The fourth-order valence-corrected chi connectivity index (χ4v) is 2.06. The molecule has 0 aliphatic heterocycles. The molecule has 0 rings (SSSR count). The Balaban J connectivity index is 3.17. The Morgan fingerprint density at radius 2 is 1.94 bits per heavy atom. The molecule has 6 heteroatoms. The number of rotatable bonds is 12. The molecule has 0 aromatic heterocycles. The first-order valence-corrected chi connectivity index (χ1v) is 7.37. The number of aliphatic carboxylic acids is 1. The lowest BCUT2D eigenvalue weighted by Gasteiger charge is -2.04. The zero-order valence-corrected chi connectivity index (χ0v) is 11.8. The van der Waals surface area contributed by atoms with E-state index in [1.165, 1.54) is 0 Å². The van der Waals surface area contributed by atoms with Gasteiger partial charge in [0.25, 0.3) is 0 Å². The second-order valence-corrected chi connectivity index (χ2v) is 5.06. The fourth-order valence-electron chi connectivity index (χ4n) is 1.34. The molecule has 0 saturated carbocycles. The number of carboxylic acids is 1. The summed E-state index contributed by atoms with van der Waals surface area (Å²) in [5.41, 5.74) is 0. The quantitative estimate of drug-likeness (QED) is 0.529. The monoisotopic (exact) mass is 277 g/mol. The van der Waals surface area contributed by atoms with Gasteiger partial charge in [-0.25, -0.2) is 0 Å². The van der Waals surface area contributed by atoms with E-state index in [4.69, 9.17) is 9.84 Å². The normalized spacial score (nSPS) is 10.3. The van der Waals surface area contributed by atoms with E-state index in [2.05, 4.69) is 5.32 Å². The van der Waals surface area contributed by atoms with Gasteiger partial charge in [0.05, 0.1) is 12.4 Å². The van der Waals surface area contributed by atoms with Crippen molar-refractivity contribution in [2.45, 2.75) is 32.1 Å². The summed E-state index contributed by atoms with van der Waals surface area (Å²) in [4.78, 5) is 21.6. The van der Waals surface area contributed by atoms with Crippen molar-refractivity contribution in [3.05, 3.63) is 0 Å². The smallest absolute Gasteiger partial charge is 0.303 e. The summed E-state index contributed by atoms with van der Waals surface area (Å²) in [5, 5.41) is 11.3. The molecular formula is C12H23NO4S. The van der Waals surface area contributed by atoms with E-state index in [9.17, 15) is 9.59 Å². The standard InChI is InChI=1S/C12H23NO4S/c1-17-8-9-18-10-11(14)13-7-5-3-2-4-6-12(15)16/h2-10H2,1H3,(H,13,14)(H,15,16). The van der Waals surface area contributed by atoms with Gasteiger partial charge in [-0.1, -0.05) is 12.8 Å². The third kappa shape index (κ3) is 13.3. The van der Waals surface area contributed by atoms with Crippen LogP contribution in [0.15, 0.2) is 0 Å². The fraction of sp³-hybridized carbons (Fsp3) is 0.833. The molecule has 0 radical (unpaired) electrons. The predicted molar refractivity (Wildman–Crippen MR) is 72.9 cm³/mol. The number of nitrogens with one attached hydrogen (secondary N) is 1. The van der Waals surface area contributed by atoms with Crippen LogP contribution in [0.1, 0.15) is 32.1 Å². The molecule has 0 fully saturated rings. The first-order valence-electron chi connectivity index (χ1n) is 6.22. The third-order valence-electron chi connectivity index (χ3n) is 2.30. The molecule has 18 heavy (non-hydrogen) atoms. The van der Waals surface area contributed by atoms with Crippen molar-refractivity contribution in [1.82, 2.24) is 5.32 Å². The molecule has 1 amide bonds. The zero-order chi connectivity index (χ0) is 13.6. The lowest BCUT2D eigenvalue weighted by Crippen LogP contribution is -2.26. The number of methoxy groups -OCH3 is 1. The Labute approximate surface area is 113 Å². The lowest BCUT2D eigenvalue weighted by molar-refractivity contribution is -0.137. The molecule has 0 atom stereocenters. The van der Waals surface area contributed by atoms with Gasteiger partial charge in [0.15, 0.2) is 0 Å². The molecule has 0 heterocycles. The zero-order valence-electron chi connectivity index (χ0n) is 10.9. The highest BCUT2D eigenvalue weighted by Gasteiger charge is 2.00. The van der Waals surface area contributed by atoms with Gasteiger partial charge in [0.2, 0.25) is 5.91 Å². The van der Waals surface area contributed by atoms with Crippen LogP contribution in [0, 0.1) is 0 Å². The van der Waals surface area contributed by atoms with Crippen LogP contribution < -0.4 is 5.32 Å². The number of carbonyl (C=O) groups is 2. The SMILES string of the molecule is COCCSCC(=O)NCCCCCCC(=O)O.